The van der Waals surface area contributed by atoms with Crippen LogP contribution in [0.15, 0.2) is 66.9 Å². The topological polar surface area (TPSA) is 66.9 Å². The third kappa shape index (κ3) is 5.57. The summed E-state index contributed by atoms with van der Waals surface area (Å²) in [7, 11) is 1.64. The molecule has 0 spiro atoms. The van der Waals surface area contributed by atoms with E-state index in [1.165, 1.54) is 0 Å². The monoisotopic (exact) mass is 472 g/mol. The summed E-state index contributed by atoms with van der Waals surface area (Å²) in [4.78, 5) is 22.1. The molecular weight excluding hydrogens is 440 g/mol. The number of carbonyl (C=O) groups excluding carboxylic acids is 1. The second-order valence-electron chi connectivity index (χ2n) is 9.04. The van der Waals surface area contributed by atoms with Crippen LogP contribution in [0, 0.1) is 0 Å². The van der Waals surface area contributed by atoms with E-state index in [1.54, 1.807) is 7.11 Å². The molecule has 1 saturated heterocycles. The largest absolute Gasteiger partial charge is 0.497 e. The molecule has 35 heavy (non-hydrogen) atoms. The number of hydrogen-bond acceptors (Lipinski definition) is 6. The molecule has 0 aliphatic carbocycles. The highest BCUT2D eigenvalue weighted by Gasteiger charge is 2.32. The Kier molecular flexibility index (Phi) is 7.14. The zero-order valence-electron chi connectivity index (χ0n) is 20.2. The lowest BCUT2D eigenvalue weighted by Crippen LogP contribution is -2.47. The van der Waals surface area contributed by atoms with E-state index in [0.29, 0.717) is 13.0 Å². The van der Waals surface area contributed by atoms with Gasteiger partial charge in [0.2, 0.25) is 0 Å². The summed E-state index contributed by atoms with van der Waals surface area (Å²) in [6.45, 7) is 5.37. The van der Waals surface area contributed by atoms with Gasteiger partial charge in [-0.25, -0.2) is 0 Å². The van der Waals surface area contributed by atoms with E-state index in [1.807, 2.05) is 42.6 Å². The summed E-state index contributed by atoms with van der Waals surface area (Å²) in [5.74, 6) is 1.58. The SMILES string of the molecule is COc1ccc(CNC(=O)C2Cc3cccc(N4CCN(CCc5ccccn5)CC4)c3O2)cc1. The van der Waals surface area contributed by atoms with Crippen LogP contribution in [0.3, 0.4) is 0 Å². The van der Waals surface area contributed by atoms with Gasteiger partial charge in [-0.05, 0) is 35.9 Å². The van der Waals surface area contributed by atoms with E-state index < -0.39 is 6.10 Å². The van der Waals surface area contributed by atoms with Crippen molar-refractivity contribution in [3.05, 3.63) is 83.7 Å². The van der Waals surface area contributed by atoms with Crippen LogP contribution in [-0.4, -0.2) is 61.7 Å². The summed E-state index contributed by atoms with van der Waals surface area (Å²) in [6.07, 6.45) is 2.93. The fourth-order valence-corrected chi connectivity index (χ4v) is 4.72. The van der Waals surface area contributed by atoms with Crippen LogP contribution in [0.1, 0.15) is 16.8 Å². The molecule has 1 N–H and O–H groups in total. The predicted octanol–water partition coefficient (Wildman–Crippen LogP) is 3.07. The van der Waals surface area contributed by atoms with Gasteiger partial charge in [0.15, 0.2) is 6.10 Å². The number of para-hydroxylation sites is 1. The molecule has 5 rings (SSSR count). The van der Waals surface area contributed by atoms with Crippen molar-refractivity contribution in [2.75, 3.05) is 44.7 Å². The van der Waals surface area contributed by atoms with Gasteiger partial charge < -0.3 is 19.7 Å². The number of nitrogens with one attached hydrogen (secondary N) is 1. The quantitative estimate of drug-likeness (QED) is 0.544. The van der Waals surface area contributed by atoms with Gasteiger partial charge in [-0.15, -0.1) is 0 Å². The molecule has 2 aliphatic rings. The standard InChI is InChI=1S/C28H32N4O3/c1-34-24-10-8-21(9-11-24)20-30-28(33)26-19-22-5-4-7-25(27(22)35-26)32-17-15-31(16-18-32)14-12-23-6-2-3-13-29-23/h2-11,13,26H,12,14-20H2,1H3,(H,30,33). The van der Waals surface area contributed by atoms with Crippen LogP contribution in [0.2, 0.25) is 0 Å². The minimum atomic E-state index is -0.496. The van der Waals surface area contributed by atoms with Crippen LogP contribution < -0.4 is 19.7 Å². The smallest absolute Gasteiger partial charge is 0.261 e. The second kappa shape index (κ2) is 10.8. The zero-order chi connectivity index (χ0) is 24.0. The van der Waals surface area contributed by atoms with E-state index in [-0.39, 0.29) is 5.91 Å². The van der Waals surface area contributed by atoms with E-state index in [4.69, 9.17) is 9.47 Å². The van der Waals surface area contributed by atoms with Gasteiger partial charge in [-0.2, -0.15) is 0 Å². The highest BCUT2D eigenvalue weighted by Crippen LogP contribution is 2.38. The van der Waals surface area contributed by atoms with Gasteiger partial charge in [-0.1, -0.05) is 30.3 Å². The van der Waals surface area contributed by atoms with Gasteiger partial charge in [0.25, 0.3) is 5.91 Å². The first-order chi connectivity index (χ1) is 17.2. The highest BCUT2D eigenvalue weighted by atomic mass is 16.5. The molecule has 1 unspecified atom stereocenters. The van der Waals surface area contributed by atoms with Crippen molar-refractivity contribution in [2.45, 2.75) is 25.5 Å². The fraction of sp³-hybridized carbons (Fsp3) is 0.357. The first-order valence-electron chi connectivity index (χ1n) is 12.3. The van der Waals surface area contributed by atoms with Gasteiger partial charge in [-0.3, -0.25) is 14.7 Å². The molecule has 0 saturated carbocycles. The Morgan fingerprint density at radius 3 is 2.63 bits per heavy atom. The maximum atomic E-state index is 12.8. The van der Waals surface area contributed by atoms with Crippen LogP contribution in [0.25, 0.3) is 0 Å². The van der Waals surface area contributed by atoms with Gasteiger partial charge in [0, 0.05) is 69.6 Å². The number of anilines is 1. The first-order valence-corrected chi connectivity index (χ1v) is 12.3. The number of ether oxygens (including phenoxy) is 2. The summed E-state index contributed by atoms with van der Waals surface area (Å²) >= 11 is 0. The second-order valence-corrected chi connectivity index (χ2v) is 9.04. The molecule has 1 atom stereocenters. The number of piperazine rings is 1. The van der Waals surface area contributed by atoms with Crippen molar-refractivity contribution in [1.29, 1.82) is 0 Å². The Labute approximate surface area is 206 Å². The van der Waals surface area contributed by atoms with E-state index >= 15 is 0 Å². The number of rotatable bonds is 8. The summed E-state index contributed by atoms with van der Waals surface area (Å²) in [5, 5.41) is 3.02. The van der Waals surface area contributed by atoms with E-state index in [0.717, 1.165) is 73.2 Å². The highest BCUT2D eigenvalue weighted by molar-refractivity contribution is 5.83. The molecule has 1 aromatic heterocycles. The number of amides is 1. The Morgan fingerprint density at radius 1 is 1.06 bits per heavy atom. The van der Waals surface area contributed by atoms with Crippen molar-refractivity contribution in [3.8, 4) is 11.5 Å². The molecule has 2 aliphatic heterocycles. The maximum absolute atomic E-state index is 12.8. The predicted molar refractivity (Wildman–Crippen MR) is 136 cm³/mol. The maximum Gasteiger partial charge on any atom is 0.261 e. The molecule has 3 heterocycles. The van der Waals surface area contributed by atoms with Crippen LogP contribution in [0.5, 0.6) is 11.5 Å². The normalized spacial score (nSPS) is 17.5. The third-order valence-corrected chi connectivity index (χ3v) is 6.78. The Hall–Kier alpha value is -3.58. The van der Waals surface area contributed by atoms with Gasteiger partial charge in [0.05, 0.1) is 12.8 Å². The van der Waals surface area contributed by atoms with Crippen molar-refractivity contribution in [1.82, 2.24) is 15.2 Å². The minimum absolute atomic E-state index is 0.0812. The van der Waals surface area contributed by atoms with Crippen molar-refractivity contribution < 1.29 is 14.3 Å². The number of carbonyl (C=O) groups is 1. The van der Waals surface area contributed by atoms with Crippen LogP contribution in [0.4, 0.5) is 5.69 Å². The van der Waals surface area contributed by atoms with Crippen molar-refractivity contribution >= 4 is 11.6 Å². The van der Waals surface area contributed by atoms with E-state index in [9.17, 15) is 4.79 Å². The average Bonchev–Trinajstić information content (AvgIpc) is 3.37. The minimum Gasteiger partial charge on any atom is -0.497 e. The lowest BCUT2D eigenvalue weighted by atomic mass is 10.1. The van der Waals surface area contributed by atoms with E-state index in [2.05, 4.69) is 44.4 Å². The number of pyridine rings is 1. The lowest BCUT2D eigenvalue weighted by molar-refractivity contribution is -0.127. The number of hydrogen-bond donors (Lipinski definition) is 1. The zero-order valence-corrected chi connectivity index (χ0v) is 20.2. The molecule has 1 amide bonds. The van der Waals surface area contributed by atoms with Gasteiger partial charge in [0.1, 0.15) is 11.5 Å². The summed E-state index contributed by atoms with van der Waals surface area (Å²) < 4.78 is 11.4. The van der Waals surface area contributed by atoms with Crippen LogP contribution >= 0.6 is 0 Å². The fourth-order valence-electron chi connectivity index (χ4n) is 4.72. The van der Waals surface area contributed by atoms with Crippen molar-refractivity contribution in [3.63, 3.8) is 0 Å². The Balaban J connectivity index is 1.14. The number of aromatic nitrogens is 1. The molecule has 1 fully saturated rings. The average molecular weight is 473 g/mol. The molecule has 0 radical (unpaired) electrons. The summed E-state index contributed by atoms with van der Waals surface area (Å²) in [5.41, 5.74) is 4.36. The Bertz CT molecular complexity index is 1130. The third-order valence-electron chi connectivity index (χ3n) is 6.78. The first kappa shape index (κ1) is 23.2. The van der Waals surface area contributed by atoms with Crippen LogP contribution in [-0.2, 0) is 24.2 Å². The lowest BCUT2D eigenvalue weighted by Gasteiger charge is -2.36. The van der Waals surface area contributed by atoms with Gasteiger partial charge >= 0.3 is 0 Å². The number of fused-ring (bicyclic) bond motifs is 1. The molecular formula is C28H32N4O3. The molecule has 7 nitrogen and oxygen atoms in total. The van der Waals surface area contributed by atoms with Crippen molar-refractivity contribution in [2.24, 2.45) is 0 Å². The molecule has 0 bridgehead atoms. The summed E-state index contributed by atoms with van der Waals surface area (Å²) in [6, 6.07) is 20.0. The number of methoxy groups -OCH3 is 1. The molecule has 7 heteroatoms. The molecule has 3 aromatic rings. The molecule has 182 valence electrons. The number of benzene rings is 2. The number of nitrogens with zero attached hydrogens (tertiary/aromatic N) is 3. The Morgan fingerprint density at radius 2 is 1.89 bits per heavy atom. The molecule has 2 aromatic carbocycles.